The number of nitrogens with zero attached hydrogens (tertiary/aromatic N) is 1. The fraction of sp³-hybridized carbons (Fsp3) is 0.897. The first-order valence-corrected chi connectivity index (χ1v) is 19.1. The molecular weight excluding hydrogens is 640 g/mol. The van der Waals surface area contributed by atoms with Crippen molar-refractivity contribution in [3.05, 3.63) is 11.6 Å². The Balaban J connectivity index is 1.20. The van der Waals surface area contributed by atoms with Crippen molar-refractivity contribution in [2.45, 2.75) is 143 Å². The number of ether oxygens (including phenoxy) is 1. The largest absolute Gasteiger partial charge is 0.481 e. The van der Waals surface area contributed by atoms with E-state index in [1.165, 1.54) is 17.7 Å². The first kappa shape index (κ1) is 38.3. The topological polar surface area (TPSA) is 169 Å². The van der Waals surface area contributed by atoms with Crippen LogP contribution in [0.4, 0.5) is 0 Å². The summed E-state index contributed by atoms with van der Waals surface area (Å²) < 4.78 is 5.72. The number of aliphatic carboxylic acids is 1. The number of carbonyl (C=O) groups excluding carboxylic acids is 1. The van der Waals surface area contributed by atoms with Crippen molar-refractivity contribution in [2.24, 2.45) is 50.2 Å². The molecule has 11 nitrogen and oxygen atoms in total. The second-order valence-electron chi connectivity index (χ2n) is 19.0. The number of rotatable bonds is 8. The molecule has 284 valence electrons. The van der Waals surface area contributed by atoms with Gasteiger partial charge in [-0.05, 0) is 110 Å². The molecule has 1 aliphatic heterocycles. The molecule has 6 N–H and O–H groups in total. The van der Waals surface area contributed by atoms with Crippen LogP contribution in [0.3, 0.4) is 0 Å². The number of carboxylic acids is 1. The number of hydroxylamine groups is 2. The minimum absolute atomic E-state index is 0.0256. The molecule has 6 rings (SSSR count). The molecule has 0 spiro atoms. The summed E-state index contributed by atoms with van der Waals surface area (Å²) in [5.74, 6) is -0.157. The van der Waals surface area contributed by atoms with E-state index in [-0.39, 0.29) is 50.7 Å². The second kappa shape index (κ2) is 12.9. The Kier molecular flexibility index (Phi) is 9.84. The van der Waals surface area contributed by atoms with Gasteiger partial charge in [-0.3, -0.25) is 14.4 Å². The van der Waals surface area contributed by atoms with Gasteiger partial charge in [-0.25, -0.2) is 0 Å². The molecule has 0 aromatic carbocycles. The molecule has 0 amide bonds. The number of hydrogen-bond acceptors (Lipinski definition) is 10. The molecular formula is C39H64N2O9. The van der Waals surface area contributed by atoms with Crippen LogP contribution in [0.2, 0.25) is 0 Å². The van der Waals surface area contributed by atoms with Crippen LogP contribution in [-0.4, -0.2) is 106 Å². The average molecular weight is 705 g/mol. The van der Waals surface area contributed by atoms with Gasteiger partial charge in [0.1, 0.15) is 24.4 Å². The van der Waals surface area contributed by atoms with E-state index in [2.05, 4.69) is 46.9 Å². The summed E-state index contributed by atoms with van der Waals surface area (Å²) in [6, 6.07) is 0.171. The number of hydrogen-bond donors (Lipinski definition) is 6. The van der Waals surface area contributed by atoms with Crippen molar-refractivity contribution in [2.75, 3.05) is 26.8 Å². The minimum atomic E-state index is -1.48. The average Bonchev–Trinajstić information content (AvgIpc) is 3.05. The van der Waals surface area contributed by atoms with Crippen LogP contribution in [0.15, 0.2) is 11.6 Å². The molecule has 0 bridgehead atoms. The van der Waals surface area contributed by atoms with Crippen molar-refractivity contribution >= 4 is 11.8 Å². The van der Waals surface area contributed by atoms with E-state index in [0.717, 1.165) is 44.9 Å². The number of fused-ring (bicyclic) bond motifs is 7. The maximum atomic E-state index is 14.7. The number of carboxylic acid groups (broad SMARTS) is 1. The summed E-state index contributed by atoms with van der Waals surface area (Å²) in [4.78, 5) is 32.7. The van der Waals surface area contributed by atoms with E-state index in [9.17, 15) is 35.1 Å². The van der Waals surface area contributed by atoms with E-state index < -0.39 is 48.6 Å². The van der Waals surface area contributed by atoms with E-state index in [1.54, 1.807) is 0 Å². The van der Waals surface area contributed by atoms with Crippen molar-refractivity contribution in [1.82, 2.24) is 10.4 Å². The number of carbonyl (C=O) groups is 2. The normalized spacial score (nSPS) is 50.1. The number of aliphatic hydroxyl groups excluding tert-OH is 4. The SMILES string of the molecule is CON(CCNC1CCC2(C)C(CCC3(C)C2C(=O)C=C2C4CC(C)(C(=O)O)CCC4(C)CCC23C)C1(C)C)C1OC(CO)C(O)C(O)C1O. The van der Waals surface area contributed by atoms with Gasteiger partial charge in [0.15, 0.2) is 12.0 Å². The molecule has 6 aliphatic rings. The number of allylic oxidation sites excluding steroid dienone is 2. The third-order valence-electron chi connectivity index (χ3n) is 16.2. The Morgan fingerprint density at radius 2 is 1.64 bits per heavy atom. The highest BCUT2D eigenvalue weighted by Crippen LogP contribution is 2.75. The zero-order valence-corrected chi connectivity index (χ0v) is 31.6. The quantitative estimate of drug-likeness (QED) is 0.204. The lowest BCUT2D eigenvalue weighted by molar-refractivity contribution is -0.327. The summed E-state index contributed by atoms with van der Waals surface area (Å²) in [5, 5.41) is 56.2. The lowest BCUT2D eigenvalue weighted by Gasteiger charge is -2.70. The molecule has 14 unspecified atom stereocenters. The van der Waals surface area contributed by atoms with Crippen LogP contribution < -0.4 is 5.32 Å². The summed E-state index contributed by atoms with van der Waals surface area (Å²) in [5.41, 5.74) is -0.184. The number of nitrogens with one attached hydrogen (secondary N) is 1. The smallest absolute Gasteiger partial charge is 0.309 e. The fourth-order valence-electron chi connectivity index (χ4n) is 12.7. The number of ketones is 1. The molecule has 11 heteroatoms. The third kappa shape index (κ3) is 5.50. The van der Waals surface area contributed by atoms with Crippen molar-refractivity contribution < 1.29 is 44.7 Å². The Bertz CT molecular complexity index is 1370. The Morgan fingerprint density at radius 3 is 2.28 bits per heavy atom. The molecule has 1 heterocycles. The molecule has 5 aliphatic carbocycles. The zero-order chi connectivity index (χ0) is 36.8. The van der Waals surface area contributed by atoms with Gasteiger partial charge in [0.2, 0.25) is 0 Å². The van der Waals surface area contributed by atoms with Crippen LogP contribution in [0.1, 0.15) is 106 Å². The summed E-state index contributed by atoms with van der Waals surface area (Å²) >= 11 is 0. The van der Waals surface area contributed by atoms with Gasteiger partial charge in [-0.2, -0.15) is 5.06 Å². The third-order valence-corrected chi connectivity index (χ3v) is 16.2. The van der Waals surface area contributed by atoms with Crippen LogP contribution >= 0.6 is 0 Å². The van der Waals surface area contributed by atoms with Gasteiger partial charge in [-0.15, -0.1) is 0 Å². The predicted molar refractivity (Wildman–Crippen MR) is 186 cm³/mol. The number of aliphatic hydroxyl groups is 4. The van der Waals surface area contributed by atoms with E-state index >= 15 is 0 Å². The Hall–Kier alpha value is -1.44. The van der Waals surface area contributed by atoms with E-state index in [4.69, 9.17) is 9.57 Å². The molecule has 4 saturated carbocycles. The zero-order valence-electron chi connectivity index (χ0n) is 31.6. The molecule has 14 atom stereocenters. The highest BCUT2D eigenvalue weighted by atomic mass is 16.7. The Morgan fingerprint density at radius 1 is 0.960 bits per heavy atom. The first-order chi connectivity index (χ1) is 23.2. The van der Waals surface area contributed by atoms with Gasteiger partial charge in [0.05, 0.1) is 19.1 Å². The molecule has 50 heavy (non-hydrogen) atoms. The summed E-state index contributed by atoms with van der Waals surface area (Å²) in [6.07, 6.45) is 3.69. The Labute approximate surface area is 298 Å². The predicted octanol–water partition coefficient (Wildman–Crippen LogP) is 3.67. The molecule has 0 radical (unpaired) electrons. The van der Waals surface area contributed by atoms with Crippen molar-refractivity contribution in [3.63, 3.8) is 0 Å². The van der Waals surface area contributed by atoms with Crippen LogP contribution in [-0.2, 0) is 19.2 Å². The maximum absolute atomic E-state index is 14.7. The van der Waals surface area contributed by atoms with Crippen molar-refractivity contribution in [3.8, 4) is 0 Å². The monoisotopic (exact) mass is 704 g/mol. The van der Waals surface area contributed by atoms with Crippen molar-refractivity contribution in [1.29, 1.82) is 0 Å². The van der Waals surface area contributed by atoms with E-state index in [1.807, 2.05) is 13.0 Å². The lowest BCUT2D eigenvalue weighted by Crippen LogP contribution is -2.67. The fourth-order valence-corrected chi connectivity index (χ4v) is 12.7. The standard InChI is InChI=1S/C39H64N2O9/c1-34(2)26-9-12-39(7)31(24(43)19-22-23-20-36(4,33(47)48)14-13-35(23,3)15-16-38(22,39)6)37(26,5)11-10-27(34)40-17-18-41(49-8)32-30(46)29(45)28(44)25(21-42)50-32/h19,23,25-32,40,42,44-46H,9-18,20-21H2,1-8H3,(H,47,48). The minimum Gasteiger partial charge on any atom is -0.481 e. The summed E-state index contributed by atoms with van der Waals surface area (Å²) in [6.45, 7) is 16.4. The van der Waals surface area contributed by atoms with Gasteiger partial charge in [0.25, 0.3) is 0 Å². The molecule has 1 saturated heterocycles. The van der Waals surface area contributed by atoms with Gasteiger partial charge >= 0.3 is 5.97 Å². The van der Waals surface area contributed by atoms with Gasteiger partial charge in [0, 0.05) is 25.0 Å². The first-order valence-electron chi connectivity index (χ1n) is 19.1. The van der Waals surface area contributed by atoms with Crippen LogP contribution in [0.25, 0.3) is 0 Å². The highest BCUT2D eigenvalue weighted by molar-refractivity contribution is 5.95. The lowest BCUT2D eigenvalue weighted by atomic mass is 9.33. The van der Waals surface area contributed by atoms with Gasteiger partial charge in [-0.1, -0.05) is 47.1 Å². The highest BCUT2D eigenvalue weighted by Gasteiger charge is 2.70. The van der Waals surface area contributed by atoms with Crippen LogP contribution in [0.5, 0.6) is 0 Å². The van der Waals surface area contributed by atoms with Crippen LogP contribution in [0, 0.1) is 50.2 Å². The molecule has 0 aromatic rings. The summed E-state index contributed by atoms with van der Waals surface area (Å²) in [7, 11) is 1.46. The molecule has 0 aromatic heterocycles. The maximum Gasteiger partial charge on any atom is 0.309 e. The van der Waals surface area contributed by atoms with Gasteiger partial charge < -0.3 is 35.6 Å². The molecule has 5 fully saturated rings. The second-order valence-corrected chi connectivity index (χ2v) is 19.0. The van der Waals surface area contributed by atoms with E-state index in [0.29, 0.717) is 31.8 Å².